The molecule has 1 unspecified atom stereocenters. The van der Waals surface area contributed by atoms with Crippen LogP contribution >= 0.6 is 0 Å². The molecule has 0 radical (unpaired) electrons. The molecular formula is C21H34N4O2. The Kier molecular flexibility index (Phi) is 9.11. The lowest BCUT2D eigenvalue weighted by Gasteiger charge is -2.27. The van der Waals surface area contributed by atoms with Crippen molar-refractivity contribution >= 4 is 11.9 Å². The van der Waals surface area contributed by atoms with Crippen molar-refractivity contribution in [3.63, 3.8) is 0 Å². The number of rotatable bonds is 9. The molecule has 0 aromatic heterocycles. The van der Waals surface area contributed by atoms with Crippen molar-refractivity contribution < 1.29 is 9.53 Å². The number of benzene rings is 1. The predicted molar refractivity (Wildman–Crippen MR) is 110 cm³/mol. The van der Waals surface area contributed by atoms with Crippen LogP contribution in [0, 0.1) is 0 Å². The number of nitrogens with zero attached hydrogens (tertiary/aromatic N) is 2. The molecule has 1 aromatic carbocycles. The summed E-state index contributed by atoms with van der Waals surface area (Å²) in [5, 5.41) is 6.90. The highest BCUT2D eigenvalue weighted by Gasteiger charge is 2.19. The Balaban J connectivity index is 1.89. The van der Waals surface area contributed by atoms with E-state index in [1.54, 1.807) is 19.0 Å². The van der Waals surface area contributed by atoms with Gasteiger partial charge in [-0.05, 0) is 50.2 Å². The first-order chi connectivity index (χ1) is 13.1. The third kappa shape index (κ3) is 7.59. The fourth-order valence-electron chi connectivity index (χ4n) is 3.14. The van der Waals surface area contributed by atoms with E-state index in [1.807, 2.05) is 6.92 Å². The number of hydrogen-bond donors (Lipinski definition) is 2. The first kappa shape index (κ1) is 21.2. The van der Waals surface area contributed by atoms with Crippen molar-refractivity contribution in [1.29, 1.82) is 0 Å². The lowest BCUT2D eigenvalue weighted by molar-refractivity contribution is -0.127. The molecule has 150 valence electrons. The highest BCUT2D eigenvalue weighted by Crippen LogP contribution is 2.20. The number of fused-ring (bicyclic) bond motifs is 1. The van der Waals surface area contributed by atoms with Gasteiger partial charge in [0.25, 0.3) is 0 Å². The van der Waals surface area contributed by atoms with Crippen LogP contribution < -0.4 is 10.6 Å². The zero-order valence-electron chi connectivity index (χ0n) is 17.0. The Morgan fingerprint density at radius 2 is 2.04 bits per heavy atom. The Morgan fingerprint density at radius 3 is 2.78 bits per heavy atom. The number of ether oxygens (including phenoxy) is 1. The molecule has 1 amide bonds. The molecule has 1 atom stereocenters. The van der Waals surface area contributed by atoms with Gasteiger partial charge in [0.05, 0.1) is 0 Å². The quantitative estimate of drug-likeness (QED) is 0.394. The topological polar surface area (TPSA) is 66.0 Å². The summed E-state index contributed by atoms with van der Waals surface area (Å²) in [5.74, 6) is 0.729. The smallest absolute Gasteiger partial charge is 0.243 e. The van der Waals surface area contributed by atoms with Crippen LogP contribution in [0.5, 0.6) is 0 Å². The molecule has 0 fully saturated rings. The number of likely N-dealkylation sites (N-methyl/N-ethyl adjacent to an activating group) is 1. The van der Waals surface area contributed by atoms with Crippen LogP contribution in [0.1, 0.15) is 37.3 Å². The van der Waals surface area contributed by atoms with E-state index in [-0.39, 0.29) is 12.5 Å². The van der Waals surface area contributed by atoms with Gasteiger partial charge in [0.1, 0.15) is 6.54 Å². The molecule has 6 nitrogen and oxygen atoms in total. The van der Waals surface area contributed by atoms with E-state index in [9.17, 15) is 4.79 Å². The summed E-state index contributed by atoms with van der Waals surface area (Å²) in [6, 6.07) is 8.96. The zero-order valence-corrected chi connectivity index (χ0v) is 17.0. The van der Waals surface area contributed by atoms with Crippen LogP contribution in [-0.4, -0.2) is 63.2 Å². The molecule has 1 aromatic rings. The fourth-order valence-corrected chi connectivity index (χ4v) is 3.14. The number of nitrogens with one attached hydrogen (secondary N) is 2. The standard InChI is InChI=1S/C21H34N4O2/c1-4-27-14-8-7-13-22-21(23-16-20(26)25(2)3)24-19-12-11-17-9-5-6-10-18(17)15-19/h5-6,9-10,19H,4,7-8,11-16H2,1-3H3,(H2,22,23,24). The molecule has 0 aliphatic heterocycles. The van der Waals surface area contributed by atoms with Crippen LogP contribution in [0.3, 0.4) is 0 Å². The minimum absolute atomic E-state index is 0.00133. The summed E-state index contributed by atoms with van der Waals surface area (Å²) >= 11 is 0. The molecular weight excluding hydrogens is 340 g/mol. The maximum absolute atomic E-state index is 11.9. The van der Waals surface area contributed by atoms with Crippen LogP contribution in [0.25, 0.3) is 0 Å². The van der Waals surface area contributed by atoms with Crippen molar-refractivity contribution in [3.05, 3.63) is 35.4 Å². The zero-order chi connectivity index (χ0) is 19.5. The first-order valence-corrected chi connectivity index (χ1v) is 9.99. The van der Waals surface area contributed by atoms with Gasteiger partial charge >= 0.3 is 0 Å². The number of carbonyl (C=O) groups excluding carboxylic acids is 1. The number of amides is 1. The highest BCUT2D eigenvalue weighted by atomic mass is 16.5. The molecule has 2 N–H and O–H groups in total. The summed E-state index contributed by atoms with van der Waals surface area (Å²) in [7, 11) is 3.51. The minimum atomic E-state index is 0.00133. The molecule has 0 spiro atoms. The summed E-state index contributed by atoms with van der Waals surface area (Å²) in [4.78, 5) is 18.0. The van der Waals surface area contributed by atoms with Gasteiger partial charge in [-0.25, -0.2) is 4.99 Å². The minimum Gasteiger partial charge on any atom is -0.382 e. The average molecular weight is 375 g/mol. The third-order valence-corrected chi connectivity index (χ3v) is 4.77. The van der Waals surface area contributed by atoms with E-state index in [4.69, 9.17) is 4.74 Å². The Bertz CT molecular complexity index is 616. The monoisotopic (exact) mass is 374 g/mol. The molecule has 2 rings (SSSR count). The van der Waals surface area contributed by atoms with Crippen LogP contribution in [0.15, 0.2) is 29.3 Å². The normalized spacial score (nSPS) is 16.6. The number of aliphatic imine (C=N–C) groups is 1. The lowest BCUT2D eigenvalue weighted by atomic mass is 9.88. The average Bonchev–Trinajstić information content (AvgIpc) is 2.68. The maximum atomic E-state index is 11.9. The Labute approximate surface area is 163 Å². The second-order valence-electron chi connectivity index (χ2n) is 7.14. The van der Waals surface area contributed by atoms with Gasteiger partial charge in [0.2, 0.25) is 5.91 Å². The highest BCUT2D eigenvalue weighted by molar-refractivity contribution is 5.85. The van der Waals surface area contributed by atoms with Gasteiger partial charge in [0.15, 0.2) is 5.96 Å². The molecule has 0 saturated carbocycles. The summed E-state index contributed by atoms with van der Waals surface area (Å²) in [6.45, 7) is 4.54. The second-order valence-corrected chi connectivity index (χ2v) is 7.14. The Morgan fingerprint density at radius 1 is 1.26 bits per heavy atom. The summed E-state index contributed by atoms with van der Waals surface area (Å²) < 4.78 is 5.38. The second kappa shape index (κ2) is 11.6. The van der Waals surface area contributed by atoms with Crippen LogP contribution in [-0.2, 0) is 22.4 Å². The van der Waals surface area contributed by atoms with Crippen molar-refractivity contribution in [1.82, 2.24) is 15.5 Å². The van der Waals surface area contributed by atoms with E-state index in [1.165, 1.54) is 11.1 Å². The number of aryl methyl sites for hydroxylation is 1. The predicted octanol–water partition coefficient (Wildman–Crippen LogP) is 1.98. The summed E-state index contributed by atoms with van der Waals surface area (Å²) in [5.41, 5.74) is 2.85. The van der Waals surface area contributed by atoms with Gasteiger partial charge in [-0.3, -0.25) is 4.79 Å². The largest absolute Gasteiger partial charge is 0.382 e. The van der Waals surface area contributed by atoms with Gasteiger partial charge in [-0.15, -0.1) is 0 Å². The Hall–Kier alpha value is -2.08. The van der Waals surface area contributed by atoms with E-state index in [0.717, 1.165) is 57.8 Å². The lowest BCUT2D eigenvalue weighted by Crippen LogP contribution is -2.46. The first-order valence-electron chi connectivity index (χ1n) is 9.99. The van der Waals surface area contributed by atoms with Crippen molar-refractivity contribution in [2.24, 2.45) is 4.99 Å². The van der Waals surface area contributed by atoms with E-state index < -0.39 is 0 Å². The number of unbranched alkanes of at least 4 members (excludes halogenated alkanes) is 1. The summed E-state index contributed by atoms with van der Waals surface area (Å²) in [6.07, 6.45) is 5.16. The third-order valence-electron chi connectivity index (χ3n) is 4.77. The van der Waals surface area contributed by atoms with Gasteiger partial charge in [-0.2, -0.15) is 0 Å². The fraction of sp³-hybridized carbons (Fsp3) is 0.619. The van der Waals surface area contributed by atoms with Crippen molar-refractivity contribution in [3.8, 4) is 0 Å². The van der Waals surface area contributed by atoms with Gasteiger partial charge < -0.3 is 20.3 Å². The van der Waals surface area contributed by atoms with Crippen LogP contribution in [0.4, 0.5) is 0 Å². The number of hydrogen-bond acceptors (Lipinski definition) is 3. The molecule has 1 aliphatic rings. The van der Waals surface area contributed by atoms with E-state index >= 15 is 0 Å². The maximum Gasteiger partial charge on any atom is 0.243 e. The van der Waals surface area contributed by atoms with Crippen LogP contribution in [0.2, 0.25) is 0 Å². The van der Waals surface area contributed by atoms with Crippen molar-refractivity contribution in [2.75, 3.05) is 40.4 Å². The van der Waals surface area contributed by atoms with E-state index in [2.05, 4.69) is 39.9 Å². The van der Waals surface area contributed by atoms with Crippen molar-refractivity contribution in [2.45, 2.75) is 45.1 Å². The number of carbonyl (C=O) groups is 1. The molecule has 0 bridgehead atoms. The molecule has 27 heavy (non-hydrogen) atoms. The van der Waals surface area contributed by atoms with Gasteiger partial charge in [0, 0.05) is 39.9 Å². The SMILES string of the molecule is CCOCCCCNC(=NCC(=O)N(C)C)NC1CCc2ccccc2C1. The van der Waals surface area contributed by atoms with Gasteiger partial charge in [-0.1, -0.05) is 24.3 Å². The number of guanidine groups is 1. The molecule has 6 heteroatoms. The molecule has 0 heterocycles. The molecule has 1 aliphatic carbocycles. The molecule has 0 saturated heterocycles. The van der Waals surface area contributed by atoms with E-state index in [0.29, 0.717) is 6.04 Å².